The third kappa shape index (κ3) is 2.42. The second-order valence-corrected chi connectivity index (χ2v) is 6.13. The van der Waals surface area contributed by atoms with Gasteiger partial charge >= 0.3 is 0 Å². The molecule has 106 valence electrons. The molecule has 0 aliphatic heterocycles. The largest absolute Gasteiger partial charge is 0.342 e. The number of carbonyl (C=O) groups excluding carboxylic acids is 1. The van der Waals surface area contributed by atoms with Gasteiger partial charge in [0.05, 0.1) is 11.0 Å². The summed E-state index contributed by atoms with van der Waals surface area (Å²) in [6.45, 7) is 4.02. The lowest BCUT2D eigenvalue weighted by Gasteiger charge is -2.32. The van der Waals surface area contributed by atoms with Gasteiger partial charge in [0, 0.05) is 11.1 Å². The number of nitrogens with zero attached hydrogens (tertiary/aromatic N) is 1. The number of aromatic amines is 1. The van der Waals surface area contributed by atoms with Gasteiger partial charge in [0.25, 0.3) is 0 Å². The number of H-pyrrole nitrogens is 1. The van der Waals surface area contributed by atoms with E-state index in [0.717, 1.165) is 48.2 Å². The summed E-state index contributed by atoms with van der Waals surface area (Å²) in [5.41, 5.74) is 2.54. The van der Waals surface area contributed by atoms with Gasteiger partial charge in [-0.05, 0) is 38.0 Å². The van der Waals surface area contributed by atoms with Crippen molar-refractivity contribution in [2.24, 2.45) is 5.41 Å². The van der Waals surface area contributed by atoms with Crippen molar-refractivity contribution in [3.8, 4) is 0 Å². The van der Waals surface area contributed by atoms with Crippen LogP contribution in [-0.4, -0.2) is 15.9 Å². The van der Waals surface area contributed by atoms with Crippen LogP contribution in [0.5, 0.6) is 0 Å². The Morgan fingerprint density at radius 1 is 1.30 bits per heavy atom. The zero-order valence-corrected chi connectivity index (χ0v) is 12.1. The summed E-state index contributed by atoms with van der Waals surface area (Å²) in [5.74, 6) is 1.04. The molecule has 20 heavy (non-hydrogen) atoms. The van der Waals surface area contributed by atoms with E-state index in [4.69, 9.17) is 0 Å². The maximum Gasteiger partial charge on any atom is 0.230 e. The number of imidazole rings is 1. The van der Waals surface area contributed by atoms with Crippen LogP contribution in [0.3, 0.4) is 0 Å². The number of fused-ring (bicyclic) bond motifs is 1. The number of hydrogen-bond donors (Lipinski definition) is 2. The van der Waals surface area contributed by atoms with Gasteiger partial charge in [-0.2, -0.15) is 0 Å². The fourth-order valence-electron chi connectivity index (χ4n) is 3.06. The molecule has 0 spiro atoms. The van der Waals surface area contributed by atoms with Gasteiger partial charge in [-0.1, -0.05) is 26.2 Å². The summed E-state index contributed by atoms with van der Waals surface area (Å²) >= 11 is 0. The Morgan fingerprint density at radius 2 is 2.05 bits per heavy atom. The van der Waals surface area contributed by atoms with Crippen molar-refractivity contribution in [1.82, 2.24) is 9.97 Å². The minimum atomic E-state index is -0.211. The van der Waals surface area contributed by atoms with E-state index in [1.54, 1.807) is 0 Å². The van der Waals surface area contributed by atoms with Crippen LogP contribution in [0.4, 0.5) is 5.69 Å². The smallest absolute Gasteiger partial charge is 0.230 e. The van der Waals surface area contributed by atoms with Crippen LogP contribution in [0.1, 0.15) is 44.9 Å². The molecule has 0 unspecified atom stereocenters. The second kappa shape index (κ2) is 4.93. The molecule has 1 aromatic heterocycles. The predicted octanol–water partition coefficient (Wildman–Crippen LogP) is 3.78. The molecule has 3 rings (SSSR count). The lowest BCUT2D eigenvalue weighted by molar-refractivity contribution is -0.126. The highest BCUT2D eigenvalue weighted by atomic mass is 16.2. The number of aryl methyl sites for hydroxylation is 1. The average Bonchev–Trinajstić information content (AvgIpc) is 2.79. The van der Waals surface area contributed by atoms with Crippen molar-refractivity contribution in [2.75, 3.05) is 5.32 Å². The zero-order valence-electron chi connectivity index (χ0n) is 12.1. The molecular formula is C16H21N3O. The molecule has 0 bridgehead atoms. The van der Waals surface area contributed by atoms with Crippen molar-refractivity contribution in [2.45, 2.75) is 46.0 Å². The number of nitrogens with one attached hydrogen (secondary N) is 2. The Kier molecular flexibility index (Phi) is 3.24. The molecule has 1 saturated carbocycles. The lowest BCUT2D eigenvalue weighted by Crippen LogP contribution is -2.35. The molecule has 1 aliphatic carbocycles. The standard InChI is InChI=1S/C16H21N3O/c1-11-17-13-7-6-12(10-14(13)18-11)19-15(20)16(2)8-4-3-5-9-16/h6-7,10H,3-5,8-9H2,1-2H3,(H,17,18)(H,19,20). The van der Waals surface area contributed by atoms with Crippen LogP contribution >= 0.6 is 0 Å². The van der Waals surface area contributed by atoms with Gasteiger partial charge < -0.3 is 10.3 Å². The summed E-state index contributed by atoms with van der Waals surface area (Å²) in [6, 6.07) is 5.82. The number of carbonyl (C=O) groups is 1. The van der Waals surface area contributed by atoms with E-state index < -0.39 is 0 Å². The van der Waals surface area contributed by atoms with E-state index in [2.05, 4.69) is 22.2 Å². The molecule has 1 amide bonds. The summed E-state index contributed by atoms with van der Waals surface area (Å²) in [4.78, 5) is 20.1. The highest BCUT2D eigenvalue weighted by molar-refractivity contribution is 5.96. The first-order chi connectivity index (χ1) is 9.57. The van der Waals surface area contributed by atoms with E-state index in [0.29, 0.717) is 0 Å². The summed E-state index contributed by atoms with van der Waals surface area (Å²) in [5, 5.41) is 3.07. The van der Waals surface area contributed by atoms with E-state index in [1.807, 2.05) is 25.1 Å². The van der Waals surface area contributed by atoms with Crippen molar-refractivity contribution in [3.05, 3.63) is 24.0 Å². The van der Waals surface area contributed by atoms with Gasteiger partial charge in [-0.15, -0.1) is 0 Å². The second-order valence-electron chi connectivity index (χ2n) is 6.13. The van der Waals surface area contributed by atoms with Crippen LogP contribution in [0.2, 0.25) is 0 Å². The monoisotopic (exact) mass is 271 g/mol. The molecule has 2 aromatic rings. The predicted molar refractivity (Wildman–Crippen MR) is 80.7 cm³/mol. The minimum absolute atomic E-state index is 0.146. The van der Waals surface area contributed by atoms with Gasteiger partial charge in [0.2, 0.25) is 5.91 Å². The van der Waals surface area contributed by atoms with Crippen LogP contribution in [0, 0.1) is 12.3 Å². The molecule has 2 N–H and O–H groups in total. The van der Waals surface area contributed by atoms with E-state index in [9.17, 15) is 4.79 Å². The molecule has 1 aromatic carbocycles. The Labute approximate surface area is 119 Å². The molecule has 4 heteroatoms. The highest BCUT2D eigenvalue weighted by Gasteiger charge is 2.34. The number of anilines is 1. The number of hydrogen-bond acceptors (Lipinski definition) is 2. The fourth-order valence-corrected chi connectivity index (χ4v) is 3.06. The first-order valence-corrected chi connectivity index (χ1v) is 7.35. The van der Waals surface area contributed by atoms with Crippen molar-refractivity contribution >= 4 is 22.6 Å². The number of aromatic nitrogens is 2. The summed E-state index contributed by atoms with van der Waals surface area (Å²) in [7, 11) is 0. The average molecular weight is 271 g/mol. The first-order valence-electron chi connectivity index (χ1n) is 7.35. The molecule has 1 heterocycles. The van der Waals surface area contributed by atoms with Crippen LogP contribution in [-0.2, 0) is 4.79 Å². The lowest BCUT2D eigenvalue weighted by atomic mass is 9.75. The number of benzene rings is 1. The van der Waals surface area contributed by atoms with Gasteiger partial charge in [0.15, 0.2) is 0 Å². The quantitative estimate of drug-likeness (QED) is 0.873. The van der Waals surface area contributed by atoms with Gasteiger partial charge in [0.1, 0.15) is 5.82 Å². The normalized spacial score (nSPS) is 18.1. The Balaban J connectivity index is 1.79. The molecule has 0 radical (unpaired) electrons. The van der Waals surface area contributed by atoms with E-state index in [1.165, 1.54) is 6.42 Å². The third-order valence-electron chi connectivity index (χ3n) is 4.36. The molecule has 0 saturated heterocycles. The molecule has 1 fully saturated rings. The molecule has 1 aliphatic rings. The summed E-state index contributed by atoms with van der Waals surface area (Å²) < 4.78 is 0. The molecule has 0 atom stereocenters. The highest BCUT2D eigenvalue weighted by Crippen LogP contribution is 2.36. The third-order valence-corrected chi connectivity index (χ3v) is 4.36. The van der Waals surface area contributed by atoms with Crippen LogP contribution in [0.15, 0.2) is 18.2 Å². The van der Waals surface area contributed by atoms with Crippen LogP contribution < -0.4 is 5.32 Å². The molecular weight excluding hydrogens is 250 g/mol. The van der Waals surface area contributed by atoms with E-state index >= 15 is 0 Å². The van der Waals surface area contributed by atoms with Crippen molar-refractivity contribution in [3.63, 3.8) is 0 Å². The number of amides is 1. The first kappa shape index (κ1) is 13.2. The fraction of sp³-hybridized carbons (Fsp3) is 0.500. The van der Waals surface area contributed by atoms with Gasteiger partial charge in [-0.25, -0.2) is 4.98 Å². The maximum atomic E-state index is 12.5. The topological polar surface area (TPSA) is 57.8 Å². The van der Waals surface area contributed by atoms with Gasteiger partial charge in [-0.3, -0.25) is 4.79 Å². The maximum absolute atomic E-state index is 12.5. The van der Waals surface area contributed by atoms with E-state index in [-0.39, 0.29) is 11.3 Å². The Hall–Kier alpha value is -1.84. The Morgan fingerprint density at radius 3 is 2.80 bits per heavy atom. The zero-order chi connectivity index (χ0) is 14.2. The van der Waals surface area contributed by atoms with Crippen molar-refractivity contribution in [1.29, 1.82) is 0 Å². The number of rotatable bonds is 2. The van der Waals surface area contributed by atoms with Crippen molar-refractivity contribution < 1.29 is 4.79 Å². The van der Waals surface area contributed by atoms with Crippen LogP contribution in [0.25, 0.3) is 11.0 Å². The SMILES string of the molecule is Cc1nc2ccc(NC(=O)C3(C)CCCCC3)cc2[nH]1. The summed E-state index contributed by atoms with van der Waals surface area (Å²) in [6.07, 6.45) is 5.54. The Bertz CT molecular complexity index is 638. The minimum Gasteiger partial charge on any atom is -0.342 e. The molecule has 4 nitrogen and oxygen atoms in total.